The smallest absolute Gasteiger partial charge is 0.310 e. The van der Waals surface area contributed by atoms with Crippen molar-refractivity contribution < 1.29 is 23.1 Å². The van der Waals surface area contributed by atoms with E-state index in [1.807, 2.05) is 0 Å². The van der Waals surface area contributed by atoms with Gasteiger partial charge in [-0.25, -0.2) is 8.78 Å². The lowest BCUT2D eigenvalue weighted by Gasteiger charge is -2.17. The summed E-state index contributed by atoms with van der Waals surface area (Å²) in [5, 5.41) is 0. The van der Waals surface area contributed by atoms with Gasteiger partial charge in [0.1, 0.15) is 17.2 Å². The van der Waals surface area contributed by atoms with Crippen LogP contribution >= 0.6 is 0 Å². The maximum atomic E-state index is 14.0. The topological polar surface area (TPSA) is 46.6 Å². The molecule has 1 aromatic carbocycles. The fourth-order valence-corrected chi connectivity index (χ4v) is 2.60. The fraction of sp³-hybridized carbons (Fsp3) is 0.467. The van der Waals surface area contributed by atoms with E-state index in [-0.39, 0.29) is 24.6 Å². The summed E-state index contributed by atoms with van der Waals surface area (Å²) in [6.45, 7) is 3.65. The second-order valence-corrected chi connectivity index (χ2v) is 5.37. The summed E-state index contributed by atoms with van der Waals surface area (Å²) in [7, 11) is 1.28. The molecule has 0 bridgehead atoms. The number of hydrogen-bond acceptors (Lipinski definition) is 3. The van der Waals surface area contributed by atoms with E-state index in [9.17, 15) is 18.4 Å². The van der Waals surface area contributed by atoms with E-state index in [1.165, 1.54) is 25.0 Å². The van der Waals surface area contributed by atoms with Gasteiger partial charge < -0.3 is 9.64 Å². The van der Waals surface area contributed by atoms with Crippen LogP contribution in [0.2, 0.25) is 0 Å². The molecule has 4 nitrogen and oxygen atoms in total. The van der Waals surface area contributed by atoms with Crippen LogP contribution in [0, 0.1) is 30.4 Å². The second kappa shape index (κ2) is 5.79. The number of nitrogens with zero attached hydrogens (tertiary/aromatic N) is 1. The summed E-state index contributed by atoms with van der Waals surface area (Å²) in [5.74, 6) is -3.46. The minimum Gasteiger partial charge on any atom is -0.469 e. The maximum absolute atomic E-state index is 14.0. The average Bonchev–Trinajstić information content (AvgIpc) is 2.84. The van der Waals surface area contributed by atoms with Gasteiger partial charge in [0.25, 0.3) is 5.91 Å². The molecule has 0 aromatic heterocycles. The summed E-state index contributed by atoms with van der Waals surface area (Å²) in [5.41, 5.74) is -0.357. The van der Waals surface area contributed by atoms with Crippen molar-refractivity contribution >= 4 is 11.9 Å². The van der Waals surface area contributed by atoms with Gasteiger partial charge in [-0.15, -0.1) is 0 Å². The number of hydrogen-bond donors (Lipinski definition) is 0. The third-order valence-electron chi connectivity index (χ3n) is 3.90. The average molecular weight is 297 g/mol. The first-order valence-electron chi connectivity index (χ1n) is 6.68. The quantitative estimate of drug-likeness (QED) is 0.786. The molecule has 2 rings (SSSR count). The normalized spacial score (nSPS) is 21.5. The predicted molar refractivity (Wildman–Crippen MR) is 71.7 cm³/mol. The molecule has 21 heavy (non-hydrogen) atoms. The molecule has 0 saturated carbocycles. The largest absolute Gasteiger partial charge is 0.469 e. The number of halogens is 2. The minimum absolute atomic E-state index is 0.111. The Morgan fingerprint density at radius 1 is 1.29 bits per heavy atom. The van der Waals surface area contributed by atoms with Crippen LogP contribution in [0.5, 0.6) is 0 Å². The van der Waals surface area contributed by atoms with Gasteiger partial charge in [-0.1, -0.05) is 13.0 Å². The van der Waals surface area contributed by atoms with Gasteiger partial charge >= 0.3 is 5.97 Å². The summed E-state index contributed by atoms with van der Waals surface area (Å²) in [6, 6.07) is 2.36. The number of benzene rings is 1. The number of amides is 1. The molecule has 1 aliphatic rings. The summed E-state index contributed by atoms with van der Waals surface area (Å²) < 4.78 is 32.5. The maximum Gasteiger partial charge on any atom is 0.310 e. The van der Waals surface area contributed by atoms with Crippen LogP contribution in [0.15, 0.2) is 12.1 Å². The van der Waals surface area contributed by atoms with Crippen molar-refractivity contribution in [3.63, 3.8) is 0 Å². The SMILES string of the molecule is COC(=O)C1CN(C(=O)c2c(F)ccc(C)c2F)CC1C. The molecule has 0 radical (unpaired) electrons. The molecule has 1 amide bonds. The highest BCUT2D eigenvalue weighted by Gasteiger charge is 2.39. The summed E-state index contributed by atoms with van der Waals surface area (Å²) in [4.78, 5) is 25.2. The molecule has 1 saturated heterocycles. The van der Waals surface area contributed by atoms with Crippen LogP contribution in [0.1, 0.15) is 22.8 Å². The first-order valence-corrected chi connectivity index (χ1v) is 6.68. The molecular formula is C15H17F2NO3. The zero-order valence-electron chi connectivity index (χ0n) is 12.2. The Hall–Kier alpha value is -1.98. The number of esters is 1. The van der Waals surface area contributed by atoms with Gasteiger partial charge in [-0.2, -0.15) is 0 Å². The van der Waals surface area contributed by atoms with Gasteiger partial charge in [0.2, 0.25) is 0 Å². The molecule has 114 valence electrons. The Bertz CT molecular complexity index is 589. The number of likely N-dealkylation sites (tertiary alicyclic amines) is 1. The lowest BCUT2D eigenvalue weighted by Crippen LogP contribution is -2.31. The van der Waals surface area contributed by atoms with E-state index in [4.69, 9.17) is 0 Å². The summed E-state index contributed by atoms with van der Waals surface area (Å²) >= 11 is 0. The van der Waals surface area contributed by atoms with E-state index >= 15 is 0 Å². The molecule has 1 aromatic rings. The molecular weight excluding hydrogens is 280 g/mol. The van der Waals surface area contributed by atoms with Crippen LogP contribution < -0.4 is 0 Å². The van der Waals surface area contributed by atoms with E-state index in [0.29, 0.717) is 0 Å². The number of ether oxygens (including phenoxy) is 1. The third kappa shape index (κ3) is 2.75. The molecule has 1 fully saturated rings. The number of carbonyl (C=O) groups is 2. The Balaban J connectivity index is 2.27. The van der Waals surface area contributed by atoms with Crippen molar-refractivity contribution in [1.29, 1.82) is 0 Å². The highest BCUT2D eigenvalue weighted by molar-refractivity contribution is 5.95. The molecule has 6 heteroatoms. The first kappa shape index (κ1) is 15.4. The van der Waals surface area contributed by atoms with Gasteiger partial charge in [0, 0.05) is 13.1 Å². The van der Waals surface area contributed by atoms with Crippen LogP contribution in [0.25, 0.3) is 0 Å². The molecule has 0 spiro atoms. The zero-order valence-corrected chi connectivity index (χ0v) is 12.2. The number of carbonyl (C=O) groups excluding carboxylic acids is 2. The third-order valence-corrected chi connectivity index (χ3v) is 3.90. The Morgan fingerprint density at radius 2 is 1.95 bits per heavy atom. The highest BCUT2D eigenvalue weighted by Crippen LogP contribution is 2.27. The molecule has 1 heterocycles. The molecule has 1 aliphatic heterocycles. The van der Waals surface area contributed by atoms with Gasteiger partial charge in [0.15, 0.2) is 0 Å². The minimum atomic E-state index is -0.891. The van der Waals surface area contributed by atoms with E-state index in [1.54, 1.807) is 6.92 Å². The van der Waals surface area contributed by atoms with Crippen molar-refractivity contribution in [1.82, 2.24) is 4.90 Å². The van der Waals surface area contributed by atoms with Crippen molar-refractivity contribution in [2.75, 3.05) is 20.2 Å². The van der Waals surface area contributed by atoms with Crippen LogP contribution in [-0.2, 0) is 9.53 Å². The molecule has 2 unspecified atom stereocenters. The lowest BCUT2D eigenvalue weighted by molar-refractivity contribution is -0.146. The van der Waals surface area contributed by atoms with E-state index in [0.717, 1.165) is 6.07 Å². The lowest BCUT2D eigenvalue weighted by atomic mass is 9.99. The van der Waals surface area contributed by atoms with Gasteiger partial charge in [-0.3, -0.25) is 9.59 Å². The number of methoxy groups -OCH3 is 1. The number of aryl methyl sites for hydroxylation is 1. The highest BCUT2D eigenvalue weighted by atomic mass is 19.1. The van der Waals surface area contributed by atoms with Crippen molar-refractivity contribution in [2.24, 2.45) is 11.8 Å². The zero-order chi connectivity index (χ0) is 15.7. The van der Waals surface area contributed by atoms with Crippen LogP contribution in [0.3, 0.4) is 0 Å². The Labute approximate surface area is 121 Å². The van der Waals surface area contributed by atoms with E-state index in [2.05, 4.69) is 4.74 Å². The summed E-state index contributed by atoms with van der Waals surface area (Å²) in [6.07, 6.45) is 0. The second-order valence-electron chi connectivity index (χ2n) is 5.37. The van der Waals surface area contributed by atoms with Crippen LogP contribution in [-0.4, -0.2) is 37.0 Å². The van der Waals surface area contributed by atoms with Crippen molar-refractivity contribution in [3.8, 4) is 0 Å². The van der Waals surface area contributed by atoms with Crippen molar-refractivity contribution in [2.45, 2.75) is 13.8 Å². The Morgan fingerprint density at radius 3 is 2.57 bits per heavy atom. The van der Waals surface area contributed by atoms with Crippen molar-refractivity contribution in [3.05, 3.63) is 34.9 Å². The van der Waals surface area contributed by atoms with Gasteiger partial charge in [-0.05, 0) is 24.5 Å². The fourth-order valence-electron chi connectivity index (χ4n) is 2.60. The molecule has 0 N–H and O–H groups in total. The van der Waals surface area contributed by atoms with E-state index < -0.39 is 35.0 Å². The Kier molecular flexibility index (Phi) is 4.25. The first-order chi connectivity index (χ1) is 9.86. The number of rotatable bonds is 2. The standard InChI is InChI=1S/C15H17F2NO3/c1-8-4-5-11(16)12(13(8)17)14(19)18-6-9(2)10(7-18)15(20)21-3/h4-5,9-10H,6-7H2,1-3H3. The van der Waals surface area contributed by atoms with Gasteiger partial charge in [0.05, 0.1) is 13.0 Å². The monoisotopic (exact) mass is 297 g/mol. The van der Waals surface area contributed by atoms with Crippen LogP contribution in [0.4, 0.5) is 8.78 Å². The molecule has 2 atom stereocenters. The predicted octanol–water partition coefficient (Wildman–Crippen LogP) is 2.15. The molecule has 0 aliphatic carbocycles.